The summed E-state index contributed by atoms with van der Waals surface area (Å²) >= 11 is 12.6. The van der Waals surface area contributed by atoms with E-state index < -0.39 is 16.1 Å². The molecule has 0 saturated carbocycles. The van der Waals surface area contributed by atoms with Crippen LogP contribution < -0.4 is 9.62 Å². The van der Waals surface area contributed by atoms with Crippen LogP contribution in [0.2, 0.25) is 10.0 Å². The number of amides is 2. The van der Waals surface area contributed by atoms with Crippen LogP contribution in [0.25, 0.3) is 0 Å². The van der Waals surface area contributed by atoms with Gasteiger partial charge in [-0.3, -0.25) is 13.9 Å². The highest BCUT2D eigenvalue weighted by molar-refractivity contribution is 7.92. The summed E-state index contributed by atoms with van der Waals surface area (Å²) in [7, 11) is -3.58. The van der Waals surface area contributed by atoms with Crippen molar-refractivity contribution in [2.45, 2.75) is 65.1 Å². The molecule has 0 radical (unpaired) electrons. The number of hydrogen-bond donors (Lipinski definition) is 1. The Morgan fingerprint density at radius 3 is 2.17 bits per heavy atom. The summed E-state index contributed by atoms with van der Waals surface area (Å²) in [5, 5.41) is 3.81. The minimum Gasteiger partial charge on any atom is -0.352 e. The molecule has 10 heteroatoms. The molecular weight excluding hydrogens is 593 g/mol. The molecule has 0 aliphatic rings. The van der Waals surface area contributed by atoms with E-state index in [-0.39, 0.29) is 43.8 Å². The maximum absolute atomic E-state index is 13.9. The molecule has 3 aromatic carbocycles. The van der Waals surface area contributed by atoms with Crippen LogP contribution in [-0.4, -0.2) is 50.0 Å². The van der Waals surface area contributed by atoms with E-state index >= 15 is 0 Å². The van der Waals surface area contributed by atoms with Gasteiger partial charge >= 0.3 is 0 Å². The Morgan fingerprint density at radius 2 is 1.60 bits per heavy atom. The van der Waals surface area contributed by atoms with Crippen LogP contribution in [0.4, 0.5) is 5.69 Å². The number of nitrogens with one attached hydrogen (secondary N) is 1. The second kappa shape index (κ2) is 15.4. The molecule has 0 heterocycles. The lowest BCUT2D eigenvalue weighted by molar-refractivity contribution is -0.141. The minimum atomic E-state index is -3.58. The van der Waals surface area contributed by atoms with E-state index in [0.717, 1.165) is 23.8 Å². The summed E-state index contributed by atoms with van der Waals surface area (Å²) in [5.74, 6) is -0.559. The number of benzene rings is 3. The topological polar surface area (TPSA) is 86.8 Å². The molecule has 0 unspecified atom stereocenters. The van der Waals surface area contributed by atoms with Crippen LogP contribution in [0, 0.1) is 0 Å². The maximum Gasteiger partial charge on any atom is 0.243 e. The van der Waals surface area contributed by atoms with Gasteiger partial charge in [0.2, 0.25) is 21.8 Å². The summed E-state index contributed by atoms with van der Waals surface area (Å²) < 4.78 is 26.6. The Kier molecular flexibility index (Phi) is 12.3. The molecule has 0 aromatic heterocycles. The quantitative estimate of drug-likeness (QED) is 0.227. The average Bonchev–Trinajstić information content (AvgIpc) is 2.93. The molecule has 0 aliphatic carbocycles. The Bertz CT molecular complexity index is 1450. The highest BCUT2D eigenvalue weighted by atomic mass is 35.5. The third-order valence-corrected chi connectivity index (χ3v) is 8.62. The van der Waals surface area contributed by atoms with Gasteiger partial charge < -0.3 is 10.2 Å². The van der Waals surface area contributed by atoms with Crippen LogP contribution in [0.5, 0.6) is 0 Å². The lowest BCUT2D eigenvalue weighted by Crippen LogP contribution is -2.51. The summed E-state index contributed by atoms with van der Waals surface area (Å²) in [6, 6.07) is 21.0. The number of carbonyl (C=O) groups excluding carboxylic acids is 2. The number of carbonyl (C=O) groups is 2. The lowest BCUT2D eigenvalue weighted by Gasteiger charge is -2.32. The highest BCUT2D eigenvalue weighted by Crippen LogP contribution is 2.25. The first-order valence-corrected chi connectivity index (χ1v) is 16.6. The Labute approximate surface area is 259 Å². The summed E-state index contributed by atoms with van der Waals surface area (Å²) in [6.45, 7) is 5.97. The first kappa shape index (κ1) is 33.4. The molecule has 0 bridgehead atoms. The number of hydrogen-bond acceptors (Lipinski definition) is 4. The maximum atomic E-state index is 13.9. The van der Waals surface area contributed by atoms with E-state index in [9.17, 15) is 18.0 Å². The van der Waals surface area contributed by atoms with Crippen molar-refractivity contribution in [1.82, 2.24) is 10.2 Å². The van der Waals surface area contributed by atoms with Crippen molar-refractivity contribution in [2.24, 2.45) is 0 Å². The minimum absolute atomic E-state index is 0.0323. The predicted molar refractivity (Wildman–Crippen MR) is 171 cm³/mol. The lowest BCUT2D eigenvalue weighted by atomic mass is 10.0. The molecule has 1 atom stereocenters. The van der Waals surface area contributed by atoms with Gasteiger partial charge in [-0.25, -0.2) is 8.42 Å². The van der Waals surface area contributed by atoms with Crippen LogP contribution >= 0.6 is 23.2 Å². The van der Waals surface area contributed by atoms with Gasteiger partial charge in [0.25, 0.3) is 0 Å². The smallest absolute Gasteiger partial charge is 0.243 e. The van der Waals surface area contributed by atoms with Crippen molar-refractivity contribution in [1.29, 1.82) is 0 Å². The van der Waals surface area contributed by atoms with Gasteiger partial charge in [0.1, 0.15) is 6.04 Å². The molecule has 42 heavy (non-hydrogen) atoms. The molecule has 0 fully saturated rings. The summed E-state index contributed by atoms with van der Waals surface area (Å²) in [5.41, 5.74) is 3.20. The standard InChI is InChI=1S/C32H39Cl2N3O4S/c1-5-24-13-17-28(18-14-24)37(42(4,40)41)19-9-12-31(38)36(22-26-15-16-27(33)21-29(26)34)30(32(39)35-23(2)3)20-25-10-7-6-8-11-25/h6-8,10-11,13-18,21,23,30H,5,9,12,19-20,22H2,1-4H3,(H,35,39)/t30-/m1/s1. The number of anilines is 1. The second-order valence-corrected chi connectivity index (χ2v) is 13.3. The second-order valence-electron chi connectivity index (χ2n) is 10.6. The molecule has 2 amide bonds. The predicted octanol–water partition coefficient (Wildman–Crippen LogP) is 6.27. The Balaban J connectivity index is 1.90. The molecular formula is C32H39Cl2N3O4S. The van der Waals surface area contributed by atoms with E-state index in [1.54, 1.807) is 35.2 Å². The van der Waals surface area contributed by atoms with Gasteiger partial charge in [-0.1, -0.05) is 78.7 Å². The van der Waals surface area contributed by atoms with Gasteiger partial charge in [0.15, 0.2) is 0 Å². The molecule has 3 aromatic rings. The van der Waals surface area contributed by atoms with Gasteiger partial charge in [-0.15, -0.1) is 0 Å². The van der Waals surface area contributed by atoms with Crippen molar-refractivity contribution >= 4 is 50.7 Å². The number of aryl methyl sites for hydroxylation is 1. The largest absolute Gasteiger partial charge is 0.352 e. The zero-order valence-corrected chi connectivity index (χ0v) is 26.8. The van der Waals surface area contributed by atoms with Crippen molar-refractivity contribution in [2.75, 3.05) is 17.1 Å². The highest BCUT2D eigenvalue weighted by Gasteiger charge is 2.31. The van der Waals surface area contributed by atoms with Gasteiger partial charge in [0.05, 0.1) is 11.9 Å². The van der Waals surface area contributed by atoms with Crippen LogP contribution in [0.15, 0.2) is 72.8 Å². The van der Waals surface area contributed by atoms with E-state index in [0.29, 0.717) is 27.7 Å². The third-order valence-electron chi connectivity index (χ3n) is 6.84. The number of sulfonamides is 1. The van der Waals surface area contributed by atoms with E-state index in [1.165, 1.54) is 4.31 Å². The number of rotatable bonds is 14. The fourth-order valence-corrected chi connectivity index (χ4v) is 6.10. The summed E-state index contributed by atoms with van der Waals surface area (Å²) in [4.78, 5) is 29.0. The fraction of sp³-hybridized carbons (Fsp3) is 0.375. The first-order chi connectivity index (χ1) is 19.9. The molecule has 226 valence electrons. The van der Waals surface area contributed by atoms with Crippen molar-refractivity contribution in [3.8, 4) is 0 Å². The Hall–Kier alpha value is -3.07. The van der Waals surface area contributed by atoms with E-state index in [4.69, 9.17) is 23.2 Å². The SMILES string of the molecule is CCc1ccc(N(CCCC(=O)N(Cc2ccc(Cl)cc2Cl)[C@H](Cc2ccccc2)C(=O)NC(C)C)S(C)(=O)=O)cc1. The van der Waals surface area contributed by atoms with Crippen molar-refractivity contribution < 1.29 is 18.0 Å². The van der Waals surface area contributed by atoms with Gasteiger partial charge in [-0.05, 0) is 67.6 Å². The number of halogens is 2. The monoisotopic (exact) mass is 631 g/mol. The third kappa shape index (κ3) is 9.75. The zero-order chi connectivity index (χ0) is 30.9. The fourth-order valence-electron chi connectivity index (χ4n) is 4.67. The molecule has 0 spiro atoms. The van der Waals surface area contributed by atoms with E-state index in [2.05, 4.69) is 5.32 Å². The molecule has 0 aliphatic heterocycles. The molecule has 3 rings (SSSR count). The average molecular weight is 633 g/mol. The Morgan fingerprint density at radius 1 is 0.929 bits per heavy atom. The van der Waals surface area contributed by atoms with Crippen LogP contribution in [-0.2, 0) is 39.0 Å². The number of nitrogens with zero attached hydrogens (tertiary/aromatic N) is 2. The van der Waals surface area contributed by atoms with E-state index in [1.807, 2.05) is 63.2 Å². The van der Waals surface area contributed by atoms with Crippen LogP contribution in [0.1, 0.15) is 50.3 Å². The molecule has 1 N–H and O–H groups in total. The van der Waals surface area contributed by atoms with Crippen LogP contribution in [0.3, 0.4) is 0 Å². The van der Waals surface area contributed by atoms with Gasteiger partial charge in [-0.2, -0.15) is 0 Å². The van der Waals surface area contributed by atoms with Gasteiger partial charge in [0, 0.05) is 42.0 Å². The van der Waals surface area contributed by atoms with Crippen molar-refractivity contribution in [3.05, 3.63) is 99.5 Å². The molecule has 7 nitrogen and oxygen atoms in total. The normalized spacial score (nSPS) is 12.2. The first-order valence-electron chi connectivity index (χ1n) is 14.0. The summed E-state index contributed by atoms with van der Waals surface area (Å²) in [6.07, 6.45) is 2.59. The zero-order valence-electron chi connectivity index (χ0n) is 24.5. The van der Waals surface area contributed by atoms with Crippen molar-refractivity contribution in [3.63, 3.8) is 0 Å². The molecule has 0 saturated heterocycles.